The number of benzene rings is 3. The molecule has 0 saturated carbocycles. The predicted molar refractivity (Wildman–Crippen MR) is 102 cm³/mol. The van der Waals surface area contributed by atoms with E-state index in [0.717, 1.165) is 0 Å². The first-order valence-electron chi connectivity index (χ1n) is 8.29. The van der Waals surface area contributed by atoms with E-state index >= 15 is 0 Å². The average molecular weight is 360 g/mol. The van der Waals surface area contributed by atoms with Gasteiger partial charge in [-0.25, -0.2) is 4.98 Å². The van der Waals surface area contributed by atoms with Gasteiger partial charge in [0.15, 0.2) is 5.58 Å². The number of aromatic nitrogens is 1. The summed E-state index contributed by atoms with van der Waals surface area (Å²) in [5.74, 6) is 0.452. The fourth-order valence-corrected chi connectivity index (χ4v) is 2.80. The molecule has 0 fully saturated rings. The molecule has 0 bridgehead atoms. The van der Waals surface area contributed by atoms with Crippen LogP contribution in [0.1, 0.15) is 10.4 Å². The van der Waals surface area contributed by atoms with Gasteiger partial charge in [0.05, 0.1) is 18.2 Å². The molecule has 1 heterocycles. The number of hydrogen-bond acceptors (Lipinski definition) is 5. The van der Waals surface area contributed by atoms with E-state index in [0.29, 0.717) is 33.7 Å². The molecular weight excluding hydrogens is 344 g/mol. The van der Waals surface area contributed by atoms with Gasteiger partial charge in [-0.3, -0.25) is 4.79 Å². The van der Waals surface area contributed by atoms with E-state index in [4.69, 9.17) is 9.15 Å². The maximum Gasteiger partial charge on any atom is 0.259 e. The summed E-state index contributed by atoms with van der Waals surface area (Å²) in [6, 6.07) is 19.0. The first-order chi connectivity index (χ1) is 13.2. The van der Waals surface area contributed by atoms with Gasteiger partial charge in [-0.15, -0.1) is 0 Å². The number of rotatable bonds is 4. The van der Waals surface area contributed by atoms with Gasteiger partial charge >= 0.3 is 0 Å². The number of anilines is 1. The molecule has 6 heteroatoms. The molecule has 4 rings (SSSR count). The lowest BCUT2D eigenvalue weighted by Crippen LogP contribution is -2.13. The normalized spacial score (nSPS) is 10.7. The van der Waals surface area contributed by atoms with E-state index in [2.05, 4.69) is 10.3 Å². The number of phenolic OH excluding ortho intramolecular Hbond substituents is 1. The fourth-order valence-electron chi connectivity index (χ4n) is 2.80. The molecule has 0 aliphatic heterocycles. The molecule has 0 saturated heterocycles. The van der Waals surface area contributed by atoms with Gasteiger partial charge in [0.1, 0.15) is 17.0 Å². The molecule has 0 unspecified atom stereocenters. The van der Waals surface area contributed by atoms with Gasteiger partial charge in [0.25, 0.3) is 5.91 Å². The summed E-state index contributed by atoms with van der Waals surface area (Å²) < 4.78 is 10.9. The van der Waals surface area contributed by atoms with Crippen LogP contribution in [0.25, 0.3) is 22.6 Å². The molecule has 4 aromatic rings. The van der Waals surface area contributed by atoms with Gasteiger partial charge in [0.2, 0.25) is 5.89 Å². The van der Waals surface area contributed by atoms with Crippen LogP contribution >= 0.6 is 0 Å². The molecule has 3 aromatic carbocycles. The standard InChI is InChI=1S/C21H16N2O4/c1-26-18-8-4-2-6-14(18)20(25)22-13-10-11-17(24)15(12-13)21-23-16-7-3-5-9-19(16)27-21/h2-12,24H,1H3,(H,22,25). The van der Waals surface area contributed by atoms with Crippen LogP contribution in [0.3, 0.4) is 0 Å². The second kappa shape index (κ2) is 6.84. The Kier molecular flexibility index (Phi) is 4.22. The molecule has 134 valence electrons. The van der Waals surface area contributed by atoms with Crippen LogP contribution in [0.2, 0.25) is 0 Å². The summed E-state index contributed by atoms with van der Waals surface area (Å²) >= 11 is 0. The minimum Gasteiger partial charge on any atom is -0.507 e. The first-order valence-corrected chi connectivity index (χ1v) is 8.29. The van der Waals surface area contributed by atoms with Crippen molar-refractivity contribution in [2.75, 3.05) is 12.4 Å². The summed E-state index contributed by atoms with van der Waals surface area (Å²) in [7, 11) is 1.51. The minimum absolute atomic E-state index is 0.0110. The second-order valence-electron chi connectivity index (χ2n) is 5.87. The van der Waals surface area contributed by atoms with Gasteiger partial charge in [-0.2, -0.15) is 0 Å². The minimum atomic E-state index is -0.318. The monoisotopic (exact) mass is 360 g/mol. The van der Waals surface area contributed by atoms with E-state index < -0.39 is 0 Å². The number of nitrogens with one attached hydrogen (secondary N) is 1. The maximum atomic E-state index is 12.6. The quantitative estimate of drug-likeness (QED) is 0.525. The Labute approximate surface area is 155 Å². The van der Waals surface area contributed by atoms with E-state index in [-0.39, 0.29) is 17.5 Å². The van der Waals surface area contributed by atoms with Gasteiger partial charge < -0.3 is 19.6 Å². The van der Waals surface area contributed by atoms with Crippen LogP contribution in [-0.4, -0.2) is 23.1 Å². The van der Waals surface area contributed by atoms with Crippen LogP contribution < -0.4 is 10.1 Å². The van der Waals surface area contributed by atoms with Crippen LogP contribution in [0, 0.1) is 0 Å². The van der Waals surface area contributed by atoms with Gasteiger partial charge in [0, 0.05) is 5.69 Å². The molecule has 0 radical (unpaired) electrons. The lowest BCUT2D eigenvalue weighted by molar-refractivity contribution is 0.102. The molecule has 6 nitrogen and oxygen atoms in total. The molecule has 27 heavy (non-hydrogen) atoms. The van der Waals surface area contributed by atoms with Crippen molar-refractivity contribution in [1.82, 2.24) is 4.98 Å². The van der Waals surface area contributed by atoms with E-state index in [1.54, 1.807) is 42.5 Å². The summed E-state index contributed by atoms with van der Waals surface area (Å²) in [6.07, 6.45) is 0. The maximum absolute atomic E-state index is 12.6. The molecule has 0 aliphatic rings. The fraction of sp³-hybridized carbons (Fsp3) is 0.0476. The van der Waals surface area contributed by atoms with Crippen LogP contribution in [0.15, 0.2) is 71.1 Å². The van der Waals surface area contributed by atoms with E-state index in [1.807, 2.05) is 18.2 Å². The van der Waals surface area contributed by atoms with E-state index in [1.165, 1.54) is 13.2 Å². The Hall–Kier alpha value is -3.80. The number of amides is 1. The van der Waals surface area contributed by atoms with Crippen molar-refractivity contribution in [3.63, 3.8) is 0 Å². The van der Waals surface area contributed by atoms with Crippen LogP contribution in [-0.2, 0) is 0 Å². The average Bonchev–Trinajstić information content (AvgIpc) is 3.13. The highest BCUT2D eigenvalue weighted by molar-refractivity contribution is 6.06. The summed E-state index contributed by atoms with van der Waals surface area (Å²) in [5.41, 5.74) is 2.62. The molecular formula is C21H16N2O4. The Balaban J connectivity index is 1.67. The molecule has 0 atom stereocenters. The number of aromatic hydroxyl groups is 1. The molecule has 1 amide bonds. The third kappa shape index (κ3) is 3.20. The highest BCUT2D eigenvalue weighted by Gasteiger charge is 2.16. The third-order valence-electron chi connectivity index (χ3n) is 4.13. The predicted octanol–water partition coefficient (Wildman–Crippen LogP) is 4.46. The topological polar surface area (TPSA) is 84.6 Å². The van der Waals surface area contributed by atoms with Crippen LogP contribution in [0.4, 0.5) is 5.69 Å². The van der Waals surface area contributed by atoms with Crippen molar-refractivity contribution in [2.24, 2.45) is 0 Å². The molecule has 0 aliphatic carbocycles. The smallest absolute Gasteiger partial charge is 0.259 e. The van der Waals surface area contributed by atoms with Crippen molar-refractivity contribution in [3.05, 3.63) is 72.3 Å². The largest absolute Gasteiger partial charge is 0.507 e. The summed E-state index contributed by atoms with van der Waals surface area (Å²) in [5, 5.41) is 13.0. The number of nitrogens with zero attached hydrogens (tertiary/aromatic N) is 1. The summed E-state index contributed by atoms with van der Waals surface area (Å²) in [6.45, 7) is 0. The van der Waals surface area contributed by atoms with Crippen molar-refractivity contribution >= 4 is 22.7 Å². The van der Waals surface area contributed by atoms with Crippen molar-refractivity contribution in [3.8, 4) is 23.0 Å². The lowest BCUT2D eigenvalue weighted by atomic mass is 10.1. The highest BCUT2D eigenvalue weighted by atomic mass is 16.5. The summed E-state index contributed by atoms with van der Waals surface area (Å²) in [4.78, 5) is 17.0. The first kappa shape index (κ1) is 16.7. The van der Waals surface area contributed by atoms with Crippen molar-refractivity contribution < 1.29 is 19.1 Å². The number of carbonyl (C=O) groups is 1. The Morgan fingerprint density at radius 2 is 1.85 bits per heavy atom. The molecule has 2 N–H and O–H groups in total. The molecule has 0 spiro atoms. The Bertz CT molecular complexity index is 1100. The number of methoxy groups -OCH3 is 1. The molecule has 1 aromatic heterocycles. The van der Waals surface area contributed by atoms with Crippen molar-refractivity contribution in [2.45, 2.75) is 0 Å². The number of para-hydroxylation sites is 3. The SMILES string of the molecule is COc1ccccc1C(=O)Nc1ccc(O)c(-c2nc3ccccc3o2)c1. The van der Waals surface area contributed by atoms with Gasteiger partial charge in [-0.1, -0.05) is 24.3 Å². The lowest BCUT2D eigenvalue weighted by Gasteiger charge is -2.10. The van der Waals surface area contributed by atoms with Gasteiger partial charge in [-0.05, 0) is 42.5 Å². The van der Waals surface area contributed by atoms with E-state index in [9.17, 15) is 9.90 Å². The van der Waals surface area contributed by atoms with Crippen molar-refractivity contribution in [1.29, 1.82) is 0 Å². The number of phenols is 1. The number of fused-ring (bicyclic) bond motifs is 1. The zero-order valence-corrected chi connectivity index (χ0v) is 14.5. The number of ether oxygens (including phenoxy) is 1. The highest BCUT2D eigenvalue weighted by Crippen LogP contribution is 2.33. The number of carbonyl (C=O) groups excluding carboxylic acids is 1. The van der Waals surface area contributed by atoms with Crippen LogP contribution in [0.5, 0.6) is 11.5 Å². The Morgan fingerprint density at radius 3 is 2.67 bits per heavy atom. The zero-order valence-electron chi connectivity index (χ0n) is 14.5. The Morgan fingerprint density at radius 1 is 1.07 bits per heavy atom. The third-order valence-corrected chi connectivity index (χ3v) is 4.13. The zero-order chi connectivity index (χ0) is 18.8. The second-order valence-corrected chi connectivity index (χ2v) is 5.87. The number of hydrogen-bond donors (Lipinski definition) is 2. The number of oxazole rings is 1.